The van der Waals surface area contributed by atoms with Crippen molar-refractivity contribution in [3.8, 4) is 62.1 Å². The molecule has 3 nitrogen and oxygen atoms in total. The Hall–Kier alpha value is -7.58. The van der Waals surface area contributed by atoms with E-state index in [1.165, 1.54) is 70.7 Å². The fraction of sp³-hybridized carbons (Fsp3) is 0.0517. The third-order valence-corrected chi connectivity index (χ3v) is 14.2. The van der Waals surface area contributed by atoms with E-state index in [1.54, 1.807) is 0 Å². The molecule has 4 heteroatoms. The summed E-state index contributed by atoms with van der Waals surface area (Å²) in [4.78, 5) is 13.2. The second-order valence-corrected chi connectivity index (χ2v) is 17.4. The van der Waals surface area contributed by atoms with Gasteiger partial charge in [0.2, 0.25) is 0 Å². The number of thioether (sulfide) groups is 1. The van der Waals surface area contributed by atoms with Crippen molar-refractivity contribution in [2.45, 2.75) is 23.2 Å². The first-order valence-electron chi connectivity index (χ1n) is 21.2. The number of rotatable bonds is 5. The Labute approximate surface area is 365 Å². The summed E-state index contributed by atoms with van der Waals surface area (Å²) in [6.07, 6.45) is 4.30. The molecule has 2 heterocycles. The van der Waals surface area contributed by atoms with Gasteiger partial charge in [0.05, 0.1) is 28.4 Å². The lowest BCUT2D eigenvalue weighted by Crippen LogP contribution is -2.33. The van der Waals surface area contributed by atoms with Gasteiger partial charge in [-0.15, -0.1) is 0 Å². The quantitative estimate of drug-likeness (QED) is 0.174. The van der Waals surface area contributed by atoms with Crippen molar-refractivity contribution in [1.29, 1.82) is 5.26 Å². The Morgan fingerprint density at radius 1 is 0.468 bits per heavy atom. The van der Waals surface area contributed by atoms with Crippen LogP contribution in [-0.2, 0) is 5.41 Å². The van der Waals surface area contributed by atoms with Crippen LogP contribution < -0.4 is 0 Å². The molecule has 1 aliphatic heterocycles. The lowest BCUT2D eigenvalue weighted by atomic mass is 9.65. The zero-order valence-electron chi connectivity index (χ0n) is 33.7. The molecule has 0 bridgehead atoms. The van der Waals surface area contributed by atoms with Crippen LogP contribution in [0.4, 0.5) is 0 Å². The largest absolute Gasteiger partial charge is 0.228 e. The molecule has 3 aliphatic rings. The third-order valence-electron chi connectivity index (χ3n) is 12.9. The summed E-state index contributed by atoms with van der Waals surface area (Å²) in [6.45, 7) is 0. The molecule has 1 aromatic heterocycles. The van der Waals surface area contributed by atoms with E-state index in [9.17, 15) is 5.26 Å². The van der Waals surface area contributed by atoms with E-state index < -0.39 is 5.41 Å². The molecule has 290 valence electrons. The molecule has 0 fully saturated rings. The Bertz CT molecular complexity index is 3320. The van der Waals surface area contributed by atoms with Crippen LogP contribution in [0.25, 0.3) is 72.4 Å². The highest BCUT2D eigenvalue weighted by molar-refractivity contribution is 8.03. The molecule has 12 rings (SSSR count). The molecular weight excluding hydrogens is 771 g/mol. The van der Waals surface area contributed by atoms with E-state index in [1.807, 2.05) is 30.0 Å². The van der Waals surface area contributed by atoms with Crippen LogP contribution in [0, 0.1) is 11.3 Å². The van der Waals surface area contributed by atoms with Gasteiger partial charge in [0.1, 0.15) is 0 Å². The summed E-state index contributed by atoms with van der Waals surface area (Å²) in [5, 5.41) is 11.9. The Morgan fingerprint density at radius 2 is 1.06 bits per heavy atom. The smallest absolute Gasteiger partial charge is 0.160 e. The highest BCUT2D eigenvalue weighted by atomic mass is 32.2. The van der Waals surface area contributed by atoms with Crippen molar-refractivity contribution in [3.05, 3.63) is 239 Å². The van der Waals surface area contributed by atoms with E-state index in [-0.39, 0.29) is 0 Å². The van der Waals surface area contributed by atoms with E-state index in [4.69, 9.17) is 9.97 Å². The molecule has 0 saturated heterocycles. The molecule has 0 amide bonds. The normalized spacial score (nSPS) is 16.0. The summed E-state index contributed by atoms with van der Waals surface area (Å²) in [5.41, 5.74) is 17.8. The highest BCUT2D eigenvalue weighted by Crippen LogP contribution is 2.64. The number of aromatic nitrogens is 2. The summed E-state index contributed by atoms with van der Waals surface area (Å²) >= 11 is 1.94. The van der Waals surface area contributed by atoms with Crippen LogP contribution in [0.15, 0.2) is 216 Å². The number of hydrogen-bond acceptors (Lipinski definition) is 4. The summed E-state index contributed by atoms with van der Waals surface area (Å²) in [6, 6.07) is 71.7. The van der Waals surface area contributed by atoms with Crippen molar-refractivity contribution < 1.29 is 0 Å². The first-order chi connectivity index (χ1) is 30.7. The average molecular weight is 808 g/mol. The van der Waals surface area contributed by atoms with Gasteiger partial charge in [0.25, 0.3) is 0 Å². The zero-order chi connectivity index (χ0) is 41.2. The number of hydrogen-bond donors (Lipinski definition) is 0. The average Bonchev–Trinajstić information content (AvgIpc) is 3.64. The maximum atomic E-state index is 9.47. The van der Waals surface area contributed by atoms with Crippen LogP contribution in [-0.4, -0.2) is 9.97 Å². The molecule has 1 atom stereocenters. The second-order valence-electron chi connectivity index (χ2n) is 16.3. The van der Waals surface area contributed by atoms with Gasteiger partial charge in [-0.05, 0) is 120 Å². The summed E-state index contributed by atoms with van der Waals surface area (Å²) < 4.78 is 0. The summed E-state index contributed by atoms with van der Waals surface area (Å²) in [7, 11) is 0. The Balaban J connectivity index is 1.08. The standard InChI is InChI=1S/C58H37N3S/c59-36-37-23-25-38(26-24-37)43-30-31-44(46-18-8-7-17-45(43)46)41-27-29-48-47-19-9-10-20-49(47)58(51(48)33-41)50-21-11-12-22-55(50)62-56-32-28-42(34-52(56)58)54-35-53(39-13-3-1-4-14-39)60-57(61-54)40-15-5-2-6-16-40/h1-27,29-31,33-35H,28,32H2. The molecule has 1 unspecified atom stereocenters. The fourth-order valence-corrected chi connectivity index (χ4v) is 11.4. The first-order valence-corrected chi connectivity index (χ1v) is 22.0. The van der Waals surface area contributed by atoms with Gasteiger partial charge in [0.15, 0.2) is 5.82 Å². The fourth-order valence-electron chi connectivity index (χ4n) is 10.1. The predicted octanol–water partition coefficient (Wildman–Crippen LogP) is 14.7. The van der Waals surface area contributed by atoms with Gasteiger partial charge in [-0.1, -0.05) is 182 Å². The van der Waals surface area contributed by atoms with Gasteiger partial charge in [0, 0.05) is 16.0 Å². The van der Waals surface area contributed by atoms with E-state index in [0.717, 1.165) is 52.3 Å². The van der Waals surface area contributed by atoms with Crippen molar-refractivity contribution in [2.24, 2.45) is 0 Å². The van der Waals surface area contributed by atoms with Crippen LogP contribution in [0.2, 0.25) is 0 Å². The van der Waals surface area contributed by atoms with Crippen LogP contribution in [0.3, 0.4) is 0 Å². The number of benzene rings is 8. The van der Waals surface area contributed by atoms with Crippen LogP contribution >= 0.6 is 11.8 Å². The topological polar surface area (TPSA) is 49.6 Å². The number of nitrogens with zero attached hydrogens (tertiary/aromatic N) is 3. The second kappa shape index (κ2) is 14.6. The number of fused-ring (bicyclic) bond motifs is 9. The monoisotopic (exact) mass is 807 g/mol. The van der Waals surface area contributed by atoms with Gasteiger partial charge in [-0.3, -0.25) is 0 Å². The zero-order valence-corrected chi connectivity index (χ0v) is 34.5. The molecule has 0 saturated carbocycles. The maximum absolute atomic E-state index is 9.47. The van der Waals surface area contributed by atoms with Crippen LogP contribution in [0.1, 0.15) is 40.8 Å². The summed E-state index contributed by atoms with van der Waals surface area (Å²) in [5.74, 6) is 0.735. The minimum atomic E-state index is -0.541. The minimum absolute atomic E-state index is 0.541. The Kier molecular flexibility index (Phi) is 8.52. The third kappa shape index (κ3) is 5.66. The SMILES string of the molecule is N#Cc1ccc(-c2ccc(-c3ccc4c(c3)C3(C5=C(CCC(c6cc(-c7ccccc7)nc(-c7ccccc7)n6)=C5)Sc5ccccc53)c3ccccc3-4)c3ccccc23)cc1. The van der Waals surface area contributed by atoms with Gasteiger partial charge in [-0.2, -0.15) is 5.26 Å². The number of allylic oxidation sites excluding steroid dienone is 4. The molecule has 0 radical (unpaired) electrons. The molecular formula is C58H37N3S. The van der Waals surface area contributed by atoms with Crippen molar-refractivity contribution in [2.75, 3.05) is 0 Å². The van der Waals surface area contributed by atoms with Gasteiger partial charge in [-0.25, -0.2) is 9.97 Å². The van der Waals surface area contributed by atoms with E-state index >= 15 is 0 Å². The Morgan fingerprint density at radius 3 is 1.82 bits per heavy atom. The molecule has 9 aromatic rings. The predicted molar refractivity (Wildman–Crippen MR) is 254 cm³/mol. The van der Waals surface area contributed by atoms with Gasteiger partial charge < -0.3 is 0 Å². The van der Waals surface area contributed by atoms with Crippen molar-refractivity contribution >= 4 is 28.1 Å². The van der Waals surface area contributed by atoms with Crippen molar-refractivity contribution in [1.82, 2.24) is 9.97 Å². The van der Waals surface area contributed by atoms with E-state index in [2.05, 4.69) is 188 Å². The van der Waals surface area contributed by atoms with Gasteiger partial charge >= 0.3 is 0 Å². The molecule has 8 aromatic carbocycles. The minimum Gasteiger partial charge on any atom is -0.228 e. The van der Waals surface area contributed by atoms with Crippen molar-refractivity contribution in [3.63, 3.8) is 0 Å². The molecule has 2 aliphatic carbocycles. The van der Waals surface area contributed by atoms with E-state index in [0.29, 0.717) is 5.56 Å². The molecule has 1 spiro atoms. The van der Waals surface area contributed by atoms with Crippen LogP contribution in [0.5, 0.6) is 0 Å². The highest BCUT2D eigenvalue weighted by Gasteiger charge is 2.51. The molecule has 62 heavy (non-hydrogen) atoms. The lowest BCUT2D eigenvalue weighted by molar-refractivity contribution is 0.725. The maximum Gasteiger partial charge on any atom is 0.160 e. The number of nitriles is 1. The lowest BCUT2D eigenvalue weighted by Gasteiger charge is -2.42. The first kappa shape index (κ1) is 36.3. The molecule has 0 N–H and O–H groups in total.